The quantitative estimate of drug-likeness (QED) is 0.758. The van der Waals surface area contributed by atoms with Crippen LogP contribution in [0.3, 0.4) is 0 Å². The summed E-state index contributed by atoms with van der Waals surface area (Å²) in [5.74, 6) is 1.08. The van der Waals surface area contributed by atoms with Gasteiger partial charge < -0.3 is 4.42 Å². The molecule has 1 heterocycles. The highest BCUT2D eigenvalue weighted by Gasteiger charge is 2.32. The van der Waals surface area contributed by atoms with Gasteiger partial charge in [0.05, 0.1) is 11.8 Å². The molecule has 0 bridgehead atoms. The van der Waals surface area contributed by atoms with E-state index in [9.17, 15) is 0 Å². The molecule has 1 aromatic heterocycles. The van der Waals surface area contributed by atoms with Crippen molar-refractivity contribution in [3.8, 4) is 0 Å². The summed E-state index contributed by atoms with van der Waals surface area (Å²) in [6.07, 6.45) is 1.85. The van der Waals surface area contributed by atoms with Gasteiger partial charge in [0.2, 0.25) is 0 Å². The molecule has 1 rings (SSSR count). The number of rotatable bonds is 3. The molecule has 86 valence electrons. The lowest BCUT2D eigenvalue weighted by Crippen LogP contribution is -2.43. The lowest BCUT2D eigenvalue weighted by molar-refractivity contribution is 0.0948. The van der Waals surface area contributed by atoms with E-state index in [0.29, 0.717) is 6.04 Å². The van der Waals surface area contributed by atoms with E-state index in [-0.39, 0.29) is 5.54 Å². The van der Waals surface area contributed by atoms with Gasteiger partial charge >= 0.3 is 0 Å². The third-order valence-corrected chi connectivity index (χ3v) is 3.50. The standard InChI is InChI=1S/C13H23NO/c1-9(2)14(7)13(5,6)12-11(4)10(3)8-15-12/h8-9H,1-7H3. The molecule has 0 aliphatic carbocycles. The summed E-state index contributed by atoms with van der Waals surface area (Å²) in [4.78, 5) is 2.33. The average molecular weight is 209 g/mol. The molecule has 0 aliphatic rings. The van der Waals surface area contributed by atoms with Crippen molar-refractivity contribution in [2.24, 2.45) is 0 Å². The molecule has 0 fully saturated rings. The molecule has 0 saturated carbocycles. The van der Waals surface area contributed by atoms with E-state index in [4.69, 9.17) is 4.42 Å². The Balaban J connectivity index is 3.10. The van der Waals surface area contributed by atoms with Crippen LogP contribution >= 0.6 is 0 Å². The van der Waals surface area contributed by atoms with E-state index in [0.717, 1.165) is 5.76 Å². The first-order valence-corrected chi connectivity index (χ1v) is 5.56. The maximum Gasteiger partial charge on any atom is 0.126 e. The Labute approximate surface area is 93.3 Å². The van der Waals surface area contributed by atoms with Crippen molar-refractivity contribution >= 4 is 0 Å². The molecule has 0 N–H and O–H groups in total. The number of aryl methyl sites for hydroxylation is 1. The molecule has 0 atom stereocenters. The minimum absolute atomic E-state index is 0.0491. The molecule has 0 spiro atoms. The molecule has 0 saturated heterocycles. The second-order valence-corrected chi connectivity index (χ2v) is 5.14. The van der Waals surface area contributed by atoms with Gasteiger partial charge in [-0.1, -0.05) is 0 Å². The maximum atomic E-state index is 5.69. The highest BCUT2D eigenvalue weighted by molar-refractivity contribution is 5.29. The van der Waals surface area contributed by atoms with Crippen LogP contribution in [0.1, 0.15) is 44.6 Å². The van der Waals surface area contributed by atoms with Crippen molar-refractivity contribution in [3.63, 3.8) is 0 Å². The maximum absolute atomic E-state index is 5.69. The first-order chi connectivity index (χ1) is 6.78. The zero-order valence-corrected chi connectivity index (χ0v) is 11.0. The van der Waals surface area contributed by atoms with Crippen LogP contribution < -0.4 is 0 Å². The second kappa shape index (κ2) is 4.01. The molecular weight excluding hydrogens is 186 g/mol. The predicted octanol–water partition coefficient (Wildman–Crippen LogP) is 3.47. The molecule has 0 radical (unpaired) electrons. The fourth-order valence-corrected chi connectivity index (χ4v) is 1.91. The van der Waals surface area contributed by atoms with Crippen molar-refractivity contribution in [1.82, 2.24) is 4.90 Å². The summed E-state index contributed by atoms with van der Waals surface area (Å²) in [6, 6.07) is 0.504. The number of nitrogens with zero attached hydrogens (tertiary/aromatic N) is 1. The third kappa shape index (κ3) is 2.10. The summed E-state index contributed by atoms with van der Waals surface area (Å²) in [5.41, 5.74) is 2.45. The van der Waals surface area contributed by atoms with Gasteiger partial charge in [-0.25, -0.2) is 0 Å². The SMILES string of the molecule is Cc1coc(C(C)(C)N(C)C(C)C)c1C. The molecule has 1 aromatic rings. The van der Waals surface area contributed by atoms with Gasteiger partial charge in [0.1, 0.15) is 5.76 Å². The first kappa shape index (κ1) is 12.3. The Morgan fingerprint density at radius 2 is 1.80 bits per heavy atom. The largest absolute Gasteiger partial charge is 0.467 e. The zero-order valence-electron chi connectivity index (χ0n) is 11.0. The molecule has 0 amide bonds. The summed E-state index contributed by atoms with van der Waals surface area (Å²) in [6.45, 7) is 13.0. The highest BCUT2D eigenvalue weighted by atomic mass is 16.3. The van der Waals surface area contributed by atoms with E-state index in [2.05, 4.69) is 53.5 Å². The van der Waals surface area contributed by atoms with Gasteiger partial charge in [0, 0.05) is 6.04 Å². The van der Waals surface area contributed by atoms with E-state index >= 15 is 0 Å². The van der Waals surface area contributed by atoms with Crippen LogP contribution in [-0.4, -0.2) is 18.0 Å². The predicted molar refractivity (Wildman–Crippen MR) is 64.1 cm³/mol. The highest BCUT2D eigenvalue weighted by Crippen LogP contribution is 2.32. The Morgan fingerprint density at radius 1 is 1.27 bits per heavy atom. The van der Waals surface area contributed by atoms with Gasteiger partial charge in [-0.3, -0.25) is 4.90 Å². The lowest BCUT2D eigenvalue weighted by Gasteiger charge is -2.37. The smallest absolute Gasteiger partial charge is 0.126 e. The molecule has 2 heteroatoms. The van der Waals surface area contributed by atoms with E-state index in [1.807, 2.05) is 6.26 Å². The van der Waals surface area contributed by atoms with Crippen LogP contribution in [0.4, 0.5) is 0 Å². The topological polar surface area (TPSA) is 16.4 Å². The molecule has 15 heavy (non-hydrogen) atoms. The van der Waals surface area contributed by atoms with Crippen LogP contribution in [0, 0.1) is 13.8 Å². The summed E-state index contributed by atoms with van der Waals surface area (Å²) in [7, 11) is 2.14. The molecule has 0 aliphatic heterocycles. The first-order valence-electron chi connectivity index (χ1n) is 5.56. The zero-order chi connectivity index (χ0) is 11.8. The Hall–Kier alpha value is -0.760. The average Bonchev–Trinajstić information content (AvgIpc) is 2.46. The summed E-state index contributed by atoms with van der Waals surface area (Å²) >= 11 is 0. The van der Waals surface area contributed by atoms with Crippen LogP contribution in [0.25, 0.3) is 0 Å². The minimum Gasteiger partial charge on any atom is -0.467 e. The third-order valence-electron chi connectivity index (χ3n) is 3.50. The number of hydrogen-bond donors (Lipinski definition) is 0. The van der Waals surface area contributed by atoms with Crippen LogP contribution in [0.2, 0.25) is 0 Å². The van der Waals surface area contributed by atoms with Gasteiger partial charge in [0.25, 0.3) is 0 Å². The van der Waals surface area contributed by atoms with Crippen molar-refractivity contribution in [1.29, 1.82) is 0 Å². The van der Waals surface area contributed by atoms with Crippen molar-refractivity contribution in [2.45, 2.75) is 53.1 Å². The lowest BCUT2D eigenvalue weighted by atomic mass is 9.94. The monoisotopic (exact) mass is 209 g/mol. The molecular formula is C13H23NO. The number of furan rings is 1. The van der Waals surface area contributed by atoms with Crippen LogP contribution in [0.15, 0.2) is 10.7 Å². The van der Waals surface area contributed by atoms with Crippen molar-refractivity contribution in [3.05, 3.63) is 23.2 Å². The van der Waals surface area contributed by atoms with E-state index in [1.54, 1.807) is 0 Å². The van der Waals surface area contributed by atoms with Crippen LogP contribution in [0.5, 0.6) is 0 Å². The normalized spacial score (nSPS) is 12.9. The fraction of sp³-hybridized carbons (Fsp3) is 0.692. The van der Waals surface area contributed by atoms with Gasteiger partial charge in [0.15, 0.2) is 0 Å². The minimum atomic E-state index is -0.0491. The molecule has 2 nitrogen and oxygen atoms in total. The molecule has 0 aromatic carbocycles. The Morgan fingerprint density at radius 3 is 2.13 bits per heavy atom. The van der Waals surface area contributed by atoms with Gasteiger partial charge in [-0.05, 0) is 59.7 Å². The summed E-state index contributed by atoms with van der Waals surface area (Å²) in [5, 5.41) is 0. The van der Waals surface area contributed by atoms with Gasteiger partial charge in [-0.15, -0.1) is 0 Å². The Kier molecular flexibility index (Phi) is 3.29. The van der Waals surface area contributed by atoms with E-state index < -0.39 is 0 Å². The number of hydrogen-bond acceptors (Lipinski definition) is 2. The summed E-state index contributed by atoms with van der Waals surface area (Å²) < 4.78 is 5.69. The molecule has 0 unspecified atom stereocenters. The van der Waals surface area contributed by atoms with E-state index in [1.165, 1.54) is 11.1 Å². The van der Waals surface area contributed by atoms with Crippen molar-refractivity contribution < 1.29 is 4.42 Å². The van der Waals surface area contributed by atoms with Crippen LogP contribution in [-0.2, 0) is 5.54 Å². The van der Waals surface area contributed by atoms with Gasteiger partial charge in [-0.2, -0.15) is 0 Å². The Bertz CT molecular complexity index is 336. The second-order valence-electron chi connectivity index (χ2n) is 5.14. The fourth-order valence-electron chi connectivity index (χ4n) is 1.91. The van der Waals surface area contributed by atoms with Crippen molar-refractivity contribution in [2.75, 3.05) is 7.05 Å².